The molecule has 1 aromatic heterocycles. The third-order valence-corrected chi connectivity index (χ3v) is 7.12. The molecule has 0 bridgehead atoms. The largest absolute Gasteiger partial charge is 0.356 e. The number of nitrogens with one attached hydrogen (secondary N) is 1. The predicted molar refractivity (Wildman–Crippen MR) is 122 cm³/mol. The number of imide groups is 1. The zero-order valence-electron chi connectivity index (χ0n) is 19.0. The SMILES string of the molecule is O=C1CCN(N2Cc3cc(CN4CCC(c5noc6cc(F)ccc56)CC4)ccc3C2=O)C(=O)N1. The van der Waals surface area contributed by atoms with E-state index in [0.29, 0.717) is 17.7 Å². The van der Waals surface area contributed by atoms with Gasteiger partial charge in [0, 0.05) is 35.9 Å². The van der Waals surface area contributed by atoms with E-state index < -0.39 is 6.03 Å². The summed E-state index contributed by atoms with van der Waals surface area (Å²) < 4.78 is 18.8. The van der Waals surface area contributed by atoms with E-state index in [1.807, 2.05) is 18.2 Å². The molecule has 180 valence electrons. The van der Waals surface area contributed by atoms with Gasteiger partial charge in [-0.2, -0.15) is 0 Å². The summed E-state index contributed by atoms with van der Waals surface area (Å²) in [7, 11) is 0. The number of amides is 4. The van der Waals surface area contributed by atoms with Gasteiger partial charge in [0.2, 0.25) is 5.91 Å². The Labute approximate surface area is 200 Å². The number of carbonyl (C=O) groups is 3. The van der Waals surface area contributed by atoms with Gasteiger partial charge in [0.05, 0.1) is 18.8 Å². The minimum atomic E-state index is -0.560. The number of hydrogen-bond acceptors (Lipinski definition) is 6. The number of urea groups is 1. The second-order valence-corrected chi connectivity index (χ2v) is 9.34. The van der Waals surface area contributed by atoms with E-state index in [0.717, 1.165) is 54.7 Å². The Bertz CT molecular complexity index is 1350. The van der Waals surface area contributed by atoms with Crippen molar-refractivity contribution in [3.8, 4) is 0 Å². The first-order valence-corrected chi connectivity index (χ1v) is 11.8. The van der Waals surface area contributed by atoms with Gasteiger partial charge < -0.3 is 4.52 Å². The van der Waals surface area contributed by atoms with E-state index in [2.05, 4.69) is 15.4 Å². The van der Waals surface area contributed by atoms with Gasteiger partial charge in [0.25, 0.3) is 5.91 Å². The topological polar surface area (TPSA) is 99.0 Å². The van der Waals surface area contributed by atoms with Crippen molar-refractivity contribution in [1.82, 2.24) is 25.4 Å². The molecule has 3 aromatic rings. The van der Waals surface area contributed by atoms with Crippen LogP contribution in [0.1, 0.15) is 52.4 Å². The summed E-state index contributed by atoms with van der Waals surface area (Å²) in [5.74, 6) is -0.612. The maximum atomic E-state index is 13.5. The van der Waals surface area contributed by atoms with Crippen molar-refractivity contribution in [2.24, 2.45) is 0 Å². The molecule has 9 nitrogen and oxygen atoms in total. The first-order valence-electron chi connectivity index (χ1n) is 11.8. The molecule has 0 saturated carbocycles. The fourth-order valence-electron chi connectivity index (χ4n) is 5.29. The van der Waals surface area contributed by atoms with Crippen LogP contribution in [0.3, 0.4) is 0 Å². The zero-order chi connectivity index (χ0) is 24.1. The van der Waals surface area contributed by atoms with Crippen LogP contribution in [-0.4, -0.2) is 57.6 Å². The molecule has 0 atom stereocenters. The van der Waals surface area contributed by atoms with Crippen LogP contribution in [-0.2, 0) is 17.9 Å². The monoisotopic (exact) mass is 477 g/mol. The number of rotatable bonds is 4. The molecular formula is C25H24FN5O4. The van der Waals surface area contributed by atoms with Gasteiger partial charge in [0.1, 0.15) is 5.82 Å². The summed E-state index contributed by atoms with van der Waals surface area (Å²) in [5, 5.41) is 10.1. The summed E-state index contributed by atoms with van der Waals surface area (Å²) in [5.41, 5.74) is 3.97. The standard InChI is InChI=1S/C25H24FN5O4/c26-18-2-4-20-21(12-18)35-28-23(20)16-5-8-29(9-6-16)13-15-1-3-19-17(11-15)14-31(24(19)33)30-10-7-22(32)27-25(30)34/h1-4,11-12,16H,5-10,13-14H2,(H,27,32,34). The highest BCUT2D eigenvalue weighted by Gasteiger charge is 2.37. The molecule has 4 amide bonds. The summed E-state index contributed by atoms with van der Waals surface area (Å²) in [4.78, 5) is 38.9. The second kappa shape index (κ2) is 8.46. The molecule has 0 radical (unpaired) electrons. The first-order chi connectivity index (χ1) is 17.0. The Balaban J connectivity index is 1.10. The fourth-order valence-corrected chi connectivity index (χ4v) is 5.29. The molecule has 2 fully saturated rings. The summed E-state index contributed by atoms with van der Waals surface area (Å²) in [6, 6.07) is 9.82. The van der Waals surface area contributed by atoms with Crippen molar-refractivity contribution < 1.29 is 23.3 Å². The number of hydrogen-bond donors (Lipinski definition) is 1. The van der Waals surface area contributed by atoms with Crippen LogP contribution in [0.2, 0.25) is 0 Å². The average molecular weight is 477 g/mol. The number of likely N-dealkylation sites (tertiary alicyclic amines) is 1. The van der Waals surface area contributed by atoms with Crippen LogP contribution in [0, 0.1) is 5.82 Å². The maximum Gasteiger partial charge on any atom is 0.342 e. The van der Waals surface area contributed by atoms with Gasteiger partial charge in [-0.3, -0.25) is 19.8 Å². The zero-order valence-corrected chi connectivity index (χ0v) is 19.0. The molecule has 6 rings (SSSR count). The number of benzene rings is 2. The molecular weight excluding hydrogens is 453 g/mol. The lowest BCUT2D eigenvalue weighted by molar-refractivity contribution is -0.123. The van der Waals surface area contributed by atoms with E-state index >= 15 is 0 Å². The molecule has 3 aliphatic rings. The molecule has 35 heavy (non-hydrogen) atoms. The van der Waals surface area contributed by atoms with Crippen LogP contribution >= 0.6 is 0 Å². The Kier molecular flexibility index (Phi) is 5.25. The van der Waals surface area contributed by atoms with E-state index in [-0.39, 0.29) is 36.5 Å². The van der Waals surface area contributed by atoms with Gasteiger partial charge in [-0.25, -0.2) is 19.2 Å². The molecule has 10 heteroatoms. The van der Waals surface area contributed by atoms with Crippen LogP contribution in [0.15, 0.2) is 40.9 Å². The summed E-state index contributed by atoms with van der Waals surface area (Å²) in [6.07, 6.45) is 2.03. The number of aromatic nitrogens is 1. The second-order valence-electron chi connectivity index (χ2n) is 9.34. The van der Waals surface area contributed by atoms with Crippen molar-refractivity contribution in [3.05, 3.63) is 64.6 Å². The number of carbonyl (C=O) groups excluding carboxylic acids is 3. The normalized spacial score (nSPS) is 19.5. The van der Waals surface area contributed by atoms with Crippen molar-refractivity contribution in [2.75, 3.05) is 19.6 Å². The van der Waals surface area contributed by atoms with Gasteiger partial charge in [-0.05, 0) is 55.3 Å². The van der Waals surface area contributed by atoms with Crippen LogP contribution in [0.25, 0.3) is 11.0 Å². The molecule has 4 heterocycles. The number of piperidine rings is 1. The minimum Gasteiger partial charge on any atom is -0.356 e. The van der Waals surface area contributed by atoms with Crippen LogP contribution < -0.4 is 5.32 Å². The lowest BCUT2D eigenvalue weighted by atomic mass is 9.91. The number of hydrazine groups is 1. The maximum absolute atomic E-state index is 13.5. The molecule has 0 unspecified atom stereocenters. The third-order valence-electron chi connectivity index (χ3n) is 7.12. The highest BCUT2D eigenvalue weighted by molar-refractivity contribution is 6.01. The van der Waals surface area contributed by atoms with Crippen molar-refractivity contribution in [3.63, 3.8) is 0 Å². The van der Waals surface area contributed by atoms with Crippen molar-refractivity contribution in [2.45, 2.75) is 38.3 Å². The minimum absolute atomic E-state index is 0.175. The molecule has 2 saturated heterocycles. The average Bonchev–Trinajstić information content (AvgIpc) is 3.40. The van der Waals surface area contributed by atoms with E-state index in [4.69, 9.17) is 4.52 Å². The van der Waals surface area contributed by atoms with E-state index in [1.54, 1.807) is 6.07 Å². The summed E-state index contributed by atoms with van der Waals surface area (Å²) >= 11 is 0. The number of halogens is 1. The van der Waals surface area contributed by atoms with Gasteiger partial charge in [-0.15, -0.1) is 0 Å². The van der Waals surface area contributed by atoms with Gasteiger partial charge in [-0.1, -0.05) is 17.3 Å². The Morgan fingerprint density at radius 2 is 1.86 bits per heavy atom. The van der Waals surface area contributed by atoms with Crippen LogP contribution in [0.4, 0.5) is 9.18 Å². The molecule has 3 aliphatic heterocycles. The predicted octanol–water partition coefficient (Wildman–Crippen LogP) is 3.16. The third kappa shape index (κ3) is 3.93. The number of fused-ring (bicyclic) bond motifs is 2. The Hall–Kier alpha value is -3.79. The van der Waals surface area contributed by atoms with Gasteiger partial charge in [0.15, 0.2) is 5.58 Å². The lowest BCUT2D eigenvalue weighted by Crippen LogP contribution is -2.56. The van der Waals surface area contributed by atoms with Crippen LogP contribution in [0.5, 0.6) is 0 Å². The van der Waals surface area contributed by atoms with E-state index in [1.165, 1.54) is 22.2 Å². The lowest BCUT2D eigenvalue weighted by Gasteiger charge is -2.33. The Morgan fingerprint density at radius 3 is 2.66 bits per heavy atom. The van der Waals surface area contributed by atoms with E-state index in [9.17, 15) is 18.8 Å². The van der Waals surface area contributed by atoms with Gasteiger partial charge >= 0.3 is 6.03 Å². The molecule has 0 aliphatic carbocycles. The first kappa shape index (κ1) is 21.7. The highest BCUT2D eigenvalue weighted by Crippen LogP contribution is 2.33. The highest BCUT2D eigenvalue weighted by atomic mass is 19.1. The number of nitrogens with zero attached hydrogens (tertiary/aromatic N) is 4. The fraction of sp³-hybridized carbons (Fsp3) is 0.360. The molecule has 1 N–H and O–H groups in total. The summed E-state index contributed by atoms with van der Waals surface area (Å²) in [6.45, 7) is 3.06. The van der Waals surface area contributed by atoms with Crippen molar-refractivity contribution in [1.29, 1.82) is 0 Å². The Morgan fingerprint density at radius 1 is 1.03 bits per heavy atom. The molecule has 2 aromatic carbocycles. The van der Waals surface area contributed by atoms with Crippen molar-refractivity contribution >= 4 is 28.8 Å². The smallest absolute Gasteiger partial charge is 0.342 e. The molecule has 0 spiro atoms. The quantitative estimate of drug-likeness (QED) is 0.620.